The number of carbonyl (C=O) groups excluding carboxylic acids is 2. The van der Waals surface area contributed by atoms with E-state index in [0.29, 0.717) is 24.5 Å². The minimum atomic E-state index is -0.257. The summed E-state index contributed by atoms with van der Waals surface area (Å²) >= 11 is 0. The van der Waals surface area contributed by atoms with Crippen LogP contribution in [0.15, 0.2) is 48.5 Å². The molecule has 0 radical (unpaired) electrons. The molecule has 28 heavy (non-hydrogen) atoms. The number of rotatable bonds is 8. The Morgan fingerprint density at radius 2 is 1.93 bits per heavy atom. The summed E-state index contributed by atoms with van der Waals surface area (Å²) in [5.41, 5.74) is 1.73. The number of likely N-dealkylation sites (tertiary alicyclic amines) is 1. The summed E-state index contributed by atoms with van der Waals surface area (Å²) in [5.74, 6) is 1.32. The quantitative estimate of drug-likeness (QED) is 0.762. The maximum absolute atomic E-state index is 12.8. The lowest BCUT2D eigenvalue weighted by atomic mass is 10.0. The van der Waals surface area contributed by atoms with Gasteiger partial charge in [0.25, 0.3) is 0 Å². The highest BCUT2D eigenvalue weighted by molar-refractivity contribution is 5.80. The summed E-state index contributed by atoms with van der Waals surface area (Å²) in [6.45, 7) is 1.21. The van der Waals surface area contributed by atoms with Gasteiger partial charge in [-0.3, -0.25) is 9.59 Å². The van der Waals surface area contributed by atoms with E-state index >= 15 is 0 Å². The van der Waals surface area contributed by atoms with Gasteiger partial charge in [0.05, 0.1) is 26.7 Å². The van der Waals surface area contributed by atoms with Crippen LogP contribution >= 0.6 is 0 Å². The SMILES string of the molecule is COc1ccc(OC)c(CC(=O)NC(CN2CCCC2=O)c2ccccc2)c1. The summed E-state index contributed by atoms with van der Waals surface area (Å²) < 4.78 is 10.6. The number of nitrogens with zero attached hydrogens (tertiary/aromatic N) is 1. The molecular formula is C22H26N2O4. The van der Waals surface area contributed by atoms with Crippen LogP contribution in [-0.2, 0) is 16.0 Å². The summed E-state index contributed by atoms with van der Waals surface area (Å²) in [5, 5.41) is 3.09. The van der Waals surface area contributed by atoms with Crippen LogP contribution in [0.4, 0.5) is 0 Å². The highest BCUT2D eigenvalue weighted by Gasteiger charge is 2.25. The van der Waals surface area contributed by atoms with E-state index in [2.05, 4.69) is 5.32 Å². The molecule has 1 aliphatic rings. The number of benzene rings is 2. The molecule has 1 atom stereocenters. The molecule has 148 valence electrons. The summed E-state index contributed by atoms with van der Waals surface area (Å²) in [4.78, 5) is 26.7. The minimum Gasteiger partial charge on any atom is -0.497 e. The van der Waals surface area contributed by atoms with E-state index in [1.54, 1.807) is 32.4 Å². The normalized spacial score (nSPS) is 14.6. The van der Waals surface area contributed by atoms with E-state index in [1.165, 1.54) is 0 Å². The molecular weight excluding hydrogens is 356 g/mol. The van der Waals surface area contributed by atoms with Crippen LogP contribution in [0, 0.1) is 0 Å². The molecule has 0 bridgehead atoms. The van der Waals surface area contributed by atoms with Crippen molar-refractivity contribution in [1.29, 1.82) is 0 Å². The average molecular weight is 382 g/mol. The summed E-state index contributed by atoms with van der Waals surface area (Å²) in [6, 6.07) is 14.9. The first-order chi connectivity index (χ1) is 13.6. The van der Waals surface area contributed by atoms with Gasteiger partial charge in [-0.15, -0.1) is 0 Å². The van der Waals surface area contributed by atoms with Crippen LogP contribution < -0.4 is 14.8 Å². The molecule has 0 spiro atoms. The Bertz CT molecular complexity index is 823. The van der Waals surface area contributed by atoms with Crippen LogP contribution in [0.2, 0.25) is 0 Å². The van der Waals surface area contributed by atoms with Crippen molar-refractivity contribution in [2.24, 2.45) is 0 Å². The predicted octanol–water partition coefficient (Wildman–Crippen LogP) is 2.73. The third-order valence-corrected chi connectivity index (χ3v) is 4.95. The number of amides is 2. The zero-order valence-corrected chi connectivity index (χ0v) is 16.3. The fraction of sp³-hybridized carbons (Fsp3) is 0.364. The maximum Gasteiger partial charge on any atom is 0.225 e. The van der Waals surface area contributed by atoms with E-state index in [1.807, 2.05) is 35.2 Å². The van der Waals surface area contributed by atoms with E-state index in [9.17, 15) is 9.59 Å². The lowest BCUT2D eigenvalue weighted by molar-refractivity contribution is -0.129. The lowest BCUT2D eigenvalue weighted by Gasteiger charge is -2.25. The molecule has 6 nitrogen and oxygen atoms in total. The molecule has 1 saturated heterocycles. The number of nitrogens with one attached hydrogen (secondary N) is 1. The first kappa shape index (κ1) is 19.7. The monoisotopic (exact) mass is 382 g/mol. The summed E-state index contributed by atoms with van der Waals surface area (Å²) in [6.07, 6.45) is 1.61. The molecule has 1 unspecified atom stereocenters. The van der Waals surface area contributed by atoms with Gasteiger partial charge in [0.2, 0.25) is 11.8 Å². The molecule has 0 saturated carbocycles. The van der Waals surface area contributed by atoms with Gasteiger partial charge in [0.15, 0.2) is 0 Å². The largest absolute Gasteiger partial charge is 0.497 e. The first-order valence-electron chi connectivity index (χ1n) is 9.43. The topological polar surface area (TPSA) is 67.9 Å². The Balaban J connectivity index is 1.75. The standard InChI is InChI=1S/C22H26N2O4/c1-27-18-10-11-20(28-2)17(13-18)14-21(25)23-19(16-7-4-3-5-8-16)15-24-12-6-9-22(24)26/h3-5,7-8,10-11,13,19H,6,9,12,14-15H2,1-2H3,(H,23,25). The Hall–Kier alpha value is -3.02. The average Bonchev–Trinajstić information content (AvgIpc) is 3.12. The van der Waals surface area contributed by atoms with Crippen LogP contribution in [0.3, 0.4) is 0 Å². The van der Waals surface area contributed by atoms with Crippen molar-refractivity contribution in [3.8, 4) is 11.5 Å². The Labute approximate surface area is 165 Å². The van der Waals surface area contributed by atoms with Crippen molar-refractivity contribution >= 4 is 11.8 Å². The molecule has 1 fully saturated rings. The van der Waals surface area contributed by atoms with Gasteiger partial charge in [-0.25, -0.2) is 0 Å². The van der Waals surface area contributed by atoms with E-state index in [-0.39, 0.29) is 24.3 Å². The van der Waals surface area contributed by atoms with Gasteiger partial charge >= 0.3 is 0 Å². The van der Waals surface area contributed by atoms with E-state index in [4.69, 9.17) is 9.47 Å². The number of carbonyl (C=O) groups is 2. The zero-order chi connectivity index (χ0) is 19.9. The molecule has 0 aliphatic carbocycles. The highest BCUT2D eigenvalue weighted by Crippen LogP contribution is 2.25. The molecule has 0 aromatic heterocycles. The number of hydrogen-bond donors (Lipinski definition) is 1. The molecule has 2 aromatic rings. The molecule has 1 N–H and O–H groups in total. The number of methoxy groups -OCH3 is 2. The second-order valence-electron chi connectivity index (χ2n) is 6.83. The van der Waals surface area contributed by atoms with Gasteiger partial charge in [-0.05, 0) is 30.2 Å². The summed E-state index contributed by atoms with van der Waals surface area (Å²) in [7, 11) is 3.17. The fourth-order valence-electron chi connectivity index (χ4n) is 3.48. The third-order valence-electron chi connectivity index (χ3n) is 4.95. The molecule has 3 rings (SSSR count). The van der Waals surface area contributed by atoms with Crippen molar-refractivity contribution in [3.05, 3.63) is 59.7 Å². The van der Waals surface area contributed by atoms with Crippen LogP contribution in [0.1, 0.15) is 30.0 Å². The molecule has 2 amide bonds. The van der Waals surface area contributed by atoms with Crippen molar-refractivity contribution in [3.63, 3.8) is 0 Å². The van der Waals surface area contributed by atoms with Gasteiger partial charge in [-0.2, -0.15) is 0 Å². The third kappa shape index (κ3) is 4.82. The van der Waals surface area contributed by atoms with Crippen molar-refractivity contribution in [2.75, 3.05) is 27.3 Å². The van der Waals surface area contributed by atoms with Gasteiger partial charge in [0.1, 0.15) is 11.5 Å². The van der Waals surface area contributed by atoms with Gasteiger partial charge in [-0.1, -0.05) is 30.3 Å². The Morgan fingerprint density at radius 3 is 2.57 bits per heavy atom. The van der Waals surface area contributed by atoms with Gasteiger partial charge < -0.3 is 19.7 Å². The smallest absolute Gasteiger partial charge is 0.225 e. The van der Waals surface area contributed by atoms with Gasteiger partial charge in [0, 0.05) is 25.1 Å². The molecule has 6 heteroatoms. The van der Waals surface area contributed by atoms with Crippen LogP contribution in [0.5, 0.6) is 11.5 Å². The van der Waals surface area contributed by atoms with E-state index in [0.717, 1.165) is 24.1 Å². The number of hydrogen-bond acceptors (Lipinski definition) is 4. The van der Waals surface area contributed by atoms with Crippen molar-refractivity contribution in [1.82, 2.24) is 10.2 Å². The fourth-order valence-corrected chi connectivity index (χ4v) is 3.48. The van der Waals surface area contributed by atoms with Crippen LogP contribution in [-0.4, -0.2) is 44.0 Å². The maximum atomic E-state index is 12.8. The molecule has 1 heterocycles. The van der Waals surface area contributed by atoms with E-state index < -0.39 is 0 Å². The van der Waals surface area contributed by atoms with Crippen LogP contribution in [0.25, 0.3) is 0 Å². The highest BCUT2D eigenvalue weighted by atomic mass is 16.5. The molecule has 1 aliphatic heterocycles. The second kappa shape index (κ2) is 9.26. The number of ether oxygens (including phenoxy) is 2. The molecule has 2 aromatic carbocycles. The Kier molecular flexibility index (Phi) is 6.53. The minimum absolute atomic E-state index is 0.132. The van der Waals surface area contributed by atoms with Crippen molar-refractivity contribution in [2.45, 2.75) is 25.3 Å². The zero-order valence-electron chi connectivity index (χ0n) is 16.3. The lowest BCUT2D eigenvalue weighted by Crippen LogP contribution is -2.39. The Morgan fingerprint density at radius 1 is 1.14 bits per heavy atom. The van der Waals surface area contributed by atoms with Crippen molar-refractivity contribution < 1.29 is 19.1 Å². The second-order valence-corrected chi connectivity index (χ2v) is 6.83. The first-order valence-corrected chi connectivity index (χ1v) is 9.43. The predicted molar refractivity (Wildman–Crippen MR) is 106 cm³/mol.